The Morgan fingerprint density at radius 3 is 1.70 bits per heavy atom. The van der Waals surface area contributed by atoms with Crippen LogP contribution in [0.25, 0.3) is 0 Å². The SMILES string of the molecule is CCCC(=O)N1CN(C(=O)CC)CN(C(=O)CCI)C1. The van der Waals surface area contributed by atoms with Gasteiger partial charge in [0.1, 0.15) is 0 Å². The molecule has 3 amide bonds. The summed E-state index contributed by atoms with van der Waals surface area (Å²) < 4.78 is 0.734. The molecule has 1 heterocycles. The fourth-order valence-electron chi connectivity index (χ4n) is 2.06. The largest absolute Gasteiger partial charge is 0.307 e. The third-order valence-electron chi connectivity index (χ3n) is 3.16. The number of amides is 3. The number of hydrogen-bond acceptors (Lipinski definition) is 3. The highest BCUT2D eigenvalue weighted by molar-refractivity contribution is 14.1. The van der Waals surface area contributed by atoms with Crippen molar-refractivity contribution in [2.24, 2.45) is 0 Å². The molecule has 0 aromatic carbocycles. The van der Waals surface area contributed by atoms with Crippen molar-refractivity contribution in [1.82, 2.24) is 14.7 Å². The van der Waals surface area contributed by atoms with Gasteiger partial charge in [0.2, 0.25) is 17.7 Å². The maximum Gasteiger partial charge on any atom is 0.226 e. The van der Waals surface area contributed by atoms with Gasteiger partial charge >= 0.3 is 0 Å². The molecular weight excluding hydrogens is 373 g/mol. The predicted octanol–water partition coefficient (Wildman–Crippen LogP) is 1.39. The molecule has 0 aromatic heterocycles. The number of halogens is 1. The van der Waals surface area contributed by atoms with Crippen LogP contribution in [0, 0.1) is 0 Å². The van der Waals surface area contributed by atoms with E-state index >= 15 is 0 Å². The van der Waals surface area contributed by atoms with Crippen LogP contribution in [0.3, 0.4) is 0 Å². The molecule has 0 saturated carbocycles. The summed E-state index contributed by atoms with van der Waals surface area (Å²) in [4.78, 5) is 40.7. The molecule has 1 aliphatic rings. The molecule has 0 aliphatic carbocycles. The van der Waals surface area contributed by atoms with Crippen molar-refractivity contribution in [3.05, 3.63) is 0 Å². The Morgan fingerprint density at radius 2 is 1.30 bits per heavy atom. The second kappa shape index (κ2) is 8.43. The van der Waals surface area contributed by atoms with Crippen molar-refractivity contribution < 1.29 is 14.4 Å². The summed E-state index contributed by atoms with van der Waals surface area (Å²) in [6.07, 6.45) is 2.02. The zero-order valence-corrected chi connectivity index (χ0v) is 14.3. The summed E-state index contributed by atoms with van der Waals surface area (Å²) in [5.41, 5.74) is 0. The molecule has 20 heavy (non-hydrogen) atoms. The molecule has 0 bridgehead atoms. The van der Waals surface area contributed by atoms with Crippen LogP contribution < -0.4 is 0 Å². The lowest BCUT2D eigenvalue weighted by Crippen LogP contribution is -2.59. The summed E-state index contributed by atoms with van der Waals surface area (Å²) in [6.45, 7) is 4.60. The van der Waals surface area contributed by atoms with Crippen LogP contribution in [-0.4, -0.2) is 56.9 Å². The lowest BCUT2D eigenvalue weighted by atomic mass is 10.3. The van der Waals surface area contributed by atoms with Crippen LogP contribution >= 0.6 is 22.6 Å². The Morgan fingerprint density at radius 1 is 0.850 bits per heavy atom. The van der Waals surface area contributed by atoms with E-state index < -0.39 is 0 Å². The molecular formula is C13H22IN3O3. The van der Waals surface area contributed by atoms with Crippen molar-refractivity contribution in [3.8, 4) is 0 Å². The predicted molar refractivity (Wildman–Crippen MR) is 83.8 cm³/mol. The van der Waals surface area contributed by atoms with Crippen LogP contribution in [0.5, 0.6) is 0 Å². The van der Waals surface area contributed by atoms with E-state index in [4.69, 9.17) is 0 Å². The van der Waals surface area contributed by atoms with Gasteiger partial charge in [0.05, 0.1) is 20.0 Å². The minimum atomic E-state index is -0.0359. The highest BCUT2D eigenvalue weighted by Crippen LogP contribution is 2.12. The van der Waals surface area contributed by atoms with E-state index in [-0.39, 0.29) is 24.4 Å². The normalized spacial score (nSPS) is 15.4. The maximum absolute atomic E-state index is 12.0. The van der Waals surface area contributed by atoms with Gasteiger partial charge in [-0.1, -0.05) is 36.4 Å². The molecule has 0 unspecified atom stereocenters. The van der Waals surface area contributed by atoms with Gasteiger partial charge in [0.25, 0.3) is 0 Å². The van der Waals surface area contributed by atoms with Gasteiger partial charge in [0.15, 0.2) is 0 Å². The number of hydrogen-bond donors (Lipinski definition) is 0. The molecule has 0 aromatic rings. The molecule has 1 aliphatic heterocycles. The summed E-state index contributed by atoms with van der Waals surface area (Å²) in [7, 11) is 0. The van der Waals surface area contributed by atoms with E-state index in [1.165, 1.54) is 0 Å². The summed E-state index contributed by atoms with van der Waals surface area (Å²) in [5, 5.41) is 0. The van der Waals surface area contributed by atoms with Crippen LogP contribution in [0.2, 0.25) is 0 Å². The Balaban J connectivity index is 2.79. The van der Waals surface area contributed by atoms with Crippen LogP contribution in [0.15, 0.2) is 0 Å². The fourth-order valence-corrected chi connectivity index (χ4v) is 2.52. The van der Waals surface area contributed by atoms with Gasteiger partial charge < -0.3 is 14.7 Å². The molecule has 0 spiro atoms. The standard InChI is InChI=1S/C13H22IN3O3/c1-3-5-12(19)16-8-15(11(18)4-2)9-17(10-16)13(20)6-7-14/h3-10H2,1-2H3. The average Bonchev–Trinajstić information content (AvgIpc) is 2.46. The van der Waals surface area contributed by atoms with E-state index in [2.05, 4.69) is 22.6 Å². The first-order valence-corrected chi connectivity index (χ1v) is 8.45. The minimum Gasteiger partial charge on any atom is -0.307 e. The molecule has 0 radical (unpaired) electrons. The molecule has 6 nitrogen and oxygen atoms in total. The highest BCUT2D eigenvalue weighted by atomic mass is 127. The van der Waals surface area contributed by atoms with Crippen LogP contribution in [-0.2, 0) is 14.4 Å². The van der Waals surface area contributed by atoms with E-state index in [1.54, 1.807) is 21.6 Å². The van der Waals surface area contributed by atoms with Gasteiger partial charge in [-0.25, -0.2) is 0 Å². The topological polar surface area (TPSA) is 60.9 Å². The molecule has 1 saturated heterocycles. The molecule has 114 valence electrons. The molecule has 1 rings (SSSR count). The van der Waals surface area contributed by atoms with Crippen molar-refractivity contribution in [2.45, 2.75) is 39.5 Å². The van der Waals surface area contributed by atoms with Crippen molar-refractivity contribution in [1.29, 1.82) is 0 Å². The van der Waals surface area contributed by atoms with E-state index in [1.807, 2.05) is 6.92 Å². The van der Waals surface area contributed by atoms with Gasteiger partial charge in [-0.05, 0) is 6.42 Å². The van der Waals surface area contributed by atoms with Crippen molar-refractivity contribution >= 4 is 40.3 Å². The van der Waals surface area contributed by atoms with Crippen LogP contribution in [0.4, 0.5) is 0 Å². The molecule has 0 atom stereocenters. The number of carbonyl (C=O) groups excluding carboxylic acids is 3. The van der Waals surface area contributed by atoms with Crippen molar-refractivity contribution in [3.63, 3.8) is 0 Å². The molecule has 0 N–H and O–H groups in total. The lowest BCUT2D eigenvalue weighted by molar-refractivity contribution is -0.158. The first-order chi connectivity index (χ1) is 9.53. The van der Waals surface area contributed by atoms with Gasteiger partial charge in [0, 0.05) is 23.7 Å². The number of carbonyl (C=O) groups is 3. The second-order valence-electron chi connectivity index (χ2n) is 4.77. The molecule has 7 heteroatoms. The van der Waals surface area contributed by atoms with E-state index in [0.717, 1.165) is 10.8 Å². The summed E-state index contributed by atoms with van der Waals surface area (Å²) in [6, 6.07) is 0. The van der Waals surface area contributed by atoms with E-state index in [0.29, 0.717) is 32.6 Å². The minimum absolute atomic E-state index is 0.00613. The summed E-state index contributed by atoms with van der Waals surface area (Å²) >= 11 is 2.15. The zero-order chi connectivity index (χ0) is 15.1. The monoisotopic (exact) mass is 395 g/mol. The van der Waals surface area contributed by atoms with E-state index in [9.17, 15) is 14.4 Å². The first kappa shape index (κ1) is 17.2. The smallest absolute Gasteiger partial charge is 0.226 e. The van der Waals surface area contributed by atoms with Gasteiger partial charge in [-0.15, -0.1) is 0 Å². The Hall–Kier alpha value is -0.860. The second-order valence-corrected chi connectivity index (χ2v) is 5.85. The van der Waals surface area contributed by atoms with Crippen molar-refractivity contribution in [2.75, 3.05) is 24.4 Å². The maximum atomic E-state index is 12.0. The van der Waals surface area contributed by atoms with Gasteiger partial charge in [-0.3, -0.25) is 14.4 Å². The lowest BCUT2D eigenvalue weighted by Gasteiger charge is -2.42. The Labute approximate surface area is 133 Å². The zero-order valence-electron chi connectivity index (χ0n) is 12.1. The molecule has 1 fully saturated rings. The summed E-state index contributed by atoms with van der Waals surface area (Å²) in [5.74, 6) is -0.0537. The van der Waals surface area contributed by atoms with Crippen LogP contribution in [0.1, 0.15) is 39.5 Å². The Kier molecular flexibility index (Phi) is 7.25. The third kappa shape index (κ3) is 4.60. The quantitative estimate of drug-likeness (QED) is 0.522. The number of nitrogens with zero attached hydrogens (tertiary/aromatic N) is 3. The third-order valence-corrected chi connectivity index (χ3v) is 3.70. The first-order valence-electron chi connectivity index (χ1n) is 6.92. The number of alkyl halides is 1. The average molecular weight is 395 g/mol. The number of rotatable bonds is 5. The van der Waals surface area contributed by atoms with Gasteiger partial charge in [-0.2, -0.15) is 0 Å². The fraction of sp³-hybridized carbons (Fsp3) is 0.769. The Bertz CT molecular complexity index is 350. The highest BCUT2D eigenvalue weighted by Gasteiger charge is 2.30.